The second-order valence-corrected chi connectivity index (χ2v) is 4.67. The molecule has 1 heterocycles. The molecule has 0 aliphatic heterocycles. The van der Waals surface area contributed by atoms with E-state index >= 15 is 0 Å². The van der Waals surface area contributed by atoms with Crippen molar-refractivity contribution in [1.29, 1.82) is 0 Å². The fourth-order valence-electron chi connectivity index (χ4n) is 1.46. The molecule has 1 aliphatic rings. The number of carbonyl (C=O) groups is 1. The van der Waals surface area contributed by atoms with Gasteiger partial charge in [-0.25, -0.2) is 0 Å². The molecule has 1 saturated carbocycles. The third-order valence-corrected chi connectivity index (χ3v) is 3.55. The molecule has 1 aromatic heterocycles. The van der Waals surface area contributed by atoms with Gasteiger partial charge in [0.05, 0.1) is 5.56 Å². The van der Waals surface area contributed by atoms with Crippen molar-refractivity contribution in [2.24, 2.45) is 5.73 Å². The van der Waals surface area contributed by atoms with Crippen LogP contribution in [0.25, 0.3) is 0 Å². The first-order valence-electron chi connectivity index (χ1n) is 4.86. The number of nitrogens with two attached hydrogens (primary N) is 1. The smallest absolute Gasteiger partial charge is 0.249 e. The Kier molecular flexibility index (Phi) is 2.84. The van der Waals surface area contributed by atoms with Crippen molar-refractivity contribution >= 4 is 17.2 Å². The average Bonchev–Trinajstić information content (AvgIpc) is 2.50. The Morgan fingerprint density at radius 3 is 2.93 bits per heavy atom. The van der Waals surface area contributed by atoms with E-state index in [4.69, 9.17) is 5.73 Å². The summed E-state index contributed by atoms with van der Waals surface area (Å²) in [5, 5.41) is 5.27. The summed E-state index contributed by atoms with van der Waals surface area (Å²) >= 11 is 1.59. The number of hydrogen-bond acceptors (Lipinski definition) is 3. The van der Waals surface area contributed by atoms with Gasteiger partial charge in [0.2, 0.25) is 5.91 Å². The van der Waals surface area contributed by atoms with Crippen LogP contribution in [-0.4, -0.2) is 11.9 Å². The number of hydrogen-bond donors (Lipinski definition) is 2. The standard InChI is InChI=1S/C10H14N2OS/c11-10(13)7-4-9(14-6-7)5-12-8-2-1-3-8/h4,6,8,12H,1-3,5H2,(H2,11,13). The molecule has 3 nitrogen and oxygen atoms in total. The summed E-state index contributed by atoms with van der Waals surface area (Å²) in [6, 6.07) is 2.56. The van der Waals surface area contributed by atoms with E-state index in [1.807, 2.05) is 11.4 Å². The molecule has 14 heavy (non-hydrogen) atoms. The predicted octanol–water partition coefficient (Wildman–Crippen LogP) is 1.49. The summed E-state index contributed by atoms with van der Waals surface area (Å²) < 4.78 is 0. The van der Waals surface area contributed by atoms with Crippen molar-refractivity contribution in [2.45, 2.75) is 31.8 Å². The molecule has 0 atom stereocenters. The number of carbonyl (C=O) groups excluding carboxylic acids is 1. The fraction of sp³-hybridized carbons (Fsp3) is 0.500. The second kappa shape index (κ2) is 4.11. The lowest BCUT2D eigenvalue weighted by molar-refractivity contribution is 0.100. The normalized spacial score (nSPS) is 16.6. The van der Waals surface area contributed by atoms with E-state index in [2.05, 4.69) is 5.32 Å². The number of rotatable bonds is 4. The van der Waals surface area contributed by atoms with Gasteiger partial charge in [0.25, 0.3) is 0 Å². The molecule has 2 rings (SSSR count). The highest BCUT2D eigenvalue weighted by Crippen LogP contribution is 2.20. The number of primary amides is 1. The van der Waals surface area contributed by atoms with Crippen molar-refractivity contribution in [3.8, 4) is 0 Å². The van der Waals surface area contributed by atoms with Gasteiger partial charge in [0.15, 0.2) is 0 Å². The highest BCUT2D eigenvalue weighted by molar-refractivity contribution is 7.10. The lowest BCUT2D eigenvalue weighted by atomic mass is 9.93. The number of nitrogens with one attached hydrogen (secondary N) is 1. The van der Waals surface area contributed by atoms with Gasteiger partial charge in [-0.05, 0) is 18.9 Å². The molecule has 1 amide bonds. The first kappa shape index (κ1) is 9.68. The Morgan fingerprint density at radius 2 is 2.43 bits per heavy atom. The minimum atomic E-state index is -0.337. The largest absolute Gasteiger partial charge is 0.366 e. The molecule has 0 aromatic carbocycles. The summed E-state index contributed by atoms with van der Waals surface area (Å²) in [7, 11) is 0. The van der Waals surface area contributed by atoms with Crippen LogP contribution in [0.2, 0.25) is 0 Å². The molecule has 1 fully saturated rings. The van der Waals surface area contributed by atoms with E-state index in [1.54, 1.807) is 11.3 Å². The van der Waals surface area contributed by atoms with Crippen LogP contribution in [0.1, 0.15) is 34.5 Å². The van der Waals surface area contributed by atoms with E-state index in [-0.39, 0.29) is 5.91 Å². The summed E-state index contributed by atoms with van der Waals surface area (Å²) in [5.74, 6) is -0.337. The molecule has 0 radical (unpaired) electrons. The van der Waals surface area contributed by atoms with E-state index in [0.29, 0.717) is 11.6 Å². The zero-order valence-electron chi connectivity index (χ0n) is 7.95. The molecule has 0 spiro atoms. The fourth-order valence-corrected chi connectivity index (χ4v) is 2.28. The molecular formula is C10H14N2OS. The number of thiophene rings is 1. The van der Waals surface area contributed by atoms with Gasteiger partial charge in [0, 0.05) is 22.8 Å². The van der Waals surface area contributed by atoms with Crippen molar-refractivity contribution < 1.29 is 4.79 Å². The van der Waals surface area contributed by atoms with E-state index in [9.17, 15) is 4.79 Å². The van der Waals surface area contributed by atoms with Gasteiger partial charge < -0.3 is 11.1 Å². The van der Waals surface area contributed by atoms with Gasteiger partial charge in [0.1, 0.15) is 0 Å². The maximum absolute atomic E-state index is 10.8. The van der Waals surface area contributed by atoms with Crippen LogP contribution in [-0.2, 0) is 6.54 Å². The molecule has 0 unspecified atom stereocenters. The van der Waals surface area contributed by atoms with Crippen molar-refractivity contribution in [3.05, 3.63) is 21.9 Å². The van der Waals surface area contributed by atoms with Crippen molar-refractivity contribution in [2.75, 3.05) is 0 Å². The molecule has 1 aliphatic carbocycles. The van der Waals surface area contributed by atoms with Gasteiger partial charge in [-0.2, -0.15) is 0 Å². The monoisotopic (exact) mass is 210 g/mol. The second-order valence-electron chi connectivity index (χ2n) is 3.67. The topological polar surface area (TPSA) is 55.1 Å². The third-order valence-electron chi connectivity index (χ3n) is 2.61. The third kappa shape index (κ3) is 2.13. The van der Waals surface area contributed by atoms with E-state index in [0.717, 1.165) is 6.54 Å². The zero-order chi connectivity index (χ0) is 9.97. The van der Waals surface area contributed by atoms with Gasteiger partial charge in [-0.3, -0.25) is 4.79 Å². The average molecular weight is 210 g/mol. The first-order valence-corrected chi connectivity index (χ1v) is 5.74. The number of amides is 1. The van der Waals surface area contributed by atoms with E-state index < -0.39 is 0 Å². The molecule has 0 saturated heterocycles. The van der Waals surface area contributed by atoms with Crippen LogP contribution >= 0.6 is 11.3 Å². The summed E-state index contributed by atoms with van der Waals surface area (Å²) in [6.07, 6.45) is 3.91. The molecular weight excluding hydrogens is 196 g/mol. The molecule has 76 valence electrons. The van der Waals surface area contributed by atoms with Crippen LogP contribution in [0.5, 0.6) is 0 Å². The molecule has 3 N–H and O–H groups in total. The summed E-state index contributed by atoms with van der Waals surface area (Å²) in [5.41, 5.74) is 5.79. The maximum atomic E-state index is 10.8. The van der Waals surface area contributed by atoms with Gasteiger partial charge in [-0.15, -0.1) is 11.3 Å². The first-order chi connectivity index (χ1) is 6.75. The lowest BCUT2D eigenvalue weighted by Gasteiger charge is -2.26. The Labute approximate surface area is 87.3 Å². The van der Waals surface area contributed by atoms with Crippen molar-refractivity contribution in [1.82, 2.24) is 5.32 Å². The Hall–Kier alpha value is -0.870. The van der Waals surface area contributed by atoms with Gasteiger partial charge >= 0.3 is 0 Å². The van der Waals surface area contributed by atoms with Gasteiger partial charge in [-0.1, -0.05) is 6.42 Å². The highest BCUT2D eigenvalue weighted by atomic mass is 32.1. The maximum Gasteiger partial charge on any atom is 0.249 e. The lowest BCUT2D eigenvalue weighted by Crippen LogP contribution is -2.34. The Bertz CT molecular complexity index is 331. The minimum Gasteiger partial charge on any atom is -0.366 e. The molecule has 1 aromatic rings. The minimum absolute atomic E-state index is 0.337. The summed E-state index contributed by atoms with van der Waals surface area (Å²) in [6.45, 7) is 0.864. The van der Waals surface area contributed by atoms with Crippen LogP contribution in [0.3, 0.4) is 0 Å². The van der Waals surface area contributed by atoms with E-state index in [1.165, 1.54) is 24.1 Å². The summed E-state index contributed by atoms with van der Waals surface area (Å²) in [4.78, 5) is 12.0. The quantitative estimate of drug-likeness (QED) is 0.791. The molecule has 0 bridgehead atoms. The van der Waals surface area contributed by atoms with Crippen LogP contribution < -0.4 is 11.1 Å². The SMILES string of the molecule is NC(=O)c1csc(CNC2CCC2)c1. The Balaban J connectivity index is 1.86. The predicted molar refractivity (Wildman–Crippen MR) is 57.3 cm³/mol. The molecule has 4 heteroatoms. The highest BCUT2D eigenvalue weighted by Gasteiger charge is 2.16. The van der Waals surface area contributed by atoms with Crippen LogP contribution in [0.4, 0.5) is 0 Å². The zero-order valence-corrected chi connectivity index (χ0v) is 8.77. The van der Waals surface area contributed by atoms with Crippen LogP contribution in [0.15, 0.2) is 11.4 Å². The van der Waals surface area contributed by atoms with Crippen LogP contribution in [0, 0.1) is 0 Å². The van der Waals surface area contributed by atoms with Crippen molar-refractivity contribution in [3.63, 3.8) is 0 Å². The Morgan fingerprint density at radius 1 is 1.64 bits per heavy atom.